The van der Waals surface area contributed by atoms with Crippen LogP contribution in [-0.4, -0.2) is 101 Å². The van der Waals surface area contributed by atoms with Crippen LogP contribution in [0.25, 0.3) is 5.76 Å². The van der Waals surface area contributed by atoms with Crippen LogP contribution in [0.1, 0.15) is 50.3 Å². The molecule has 4 atom stereocenters. The van der Waals surface area contributed by atoms with Crippen molar-refractivity contribution in [2.45, 2.75) is 58.2 Å². The number of likely N-dealkylation sites (tertiary alicyclic amines) is 1. The van der Waals surface area contributed by atoms with Gasteiger partial charge in [0.1, 0.15) is 22.8 Å². The van der Waals surface area contributed by atoms with Gasteiger partial charge in [0.25, 0.3) is 5.91 Å². The Morgan fingerprint density at radius 2 is 1.74 bits per heavy atom. The number of aromatic hydroxyl groups is 1. The standard InChI is InChI=1S/C30H40N4O7.CH4/c1-14-6-8-34(9-7-14)13-16-12-19(32(2)3)17-10-15-11-18-23(33(4)5)26(37)22(29(31)40)28(39)30(18,41)27(38)20(15)25(36)21(17)24(16)35;/h12,14-15,18,23,35-36,39,41H,6-11,13H2,1-5H3,(H2,31,40);1H4/t15-,18-,23-,30-;/m0./s1. The number of nitrogens with two attached hydrogens (primary N) is 1. The van der Waals surface area contributed by atoms with Gasteiger partial charge in [0.15, 0.2) is 11.4 Å². The van der Waals surface area contributed by atoms with E-state index in [9.17, 15) is 34.8 Å². The number of hydrogen-bond acceptors (Lipinski definition) is 10. The number of benzene rings is 1. The van der Waals surface area contributed by atoms with Gasteiger partial charge in [-0.25, -0.2) is 0 Å². The topological polar surface area (TPSA) is 168 Å². The summed E-state index contributed by atoms with van der Waals surface area (Å²) in [5, 5.41) is 46.0. The molecular formula is C31H44N4O7. The van der Waals surface area contributed by atoms with Crippen molar-refractivity contribution in [3.8, 4) is 5.75 Å². The molecule has 6 N–H and O–H groups in total. The summed E-state index contributed by atoms with van der Waals surface area (Å²) in [7, 11) is 6.91. The SMILES string of the molecule is C.CC1CCN(Cc2cc(N(C)C)c3c(c2O)C(O)=C2C(=O)[C@]4(O)C(O)=C(C(N)=O)C(=O)[C@@H](N(C)C)[C@@H]4C[C@@H]2C3)CC1. The Bertz CT molecular complexity index is 1390. The molecule has 1 aromatic carbocycles. The molecule has 1 amide bonds. The molecule has 1 saturated carbocycles. The highest BCUT2D eigenvalue weighted by Gasteiger charge is 2.64. The molecule has 1 saturated heterocycles. The Morgan fingerprint density at radius 1 is 1.12 bits per heavy atom. The van der Waals surface area contributed by atoms with E-state index in [0.717, 1.165) is 31.6 Å². The predicted molar refractivity (Wildman–Crippen MR) is 159 cm³/mol. The second-order valence-electron chi connectivity index (χ2n) is 12.6. The molecule has 4 aliphatic rings. The molecule has 0 bridgehead atoms. The highest BCUT2D eigenvalue weighted by molar-refractivity contribution is 6.24. The van der Waals surface area contributed by atoms with Crippen molar-refractivity contribution in [3.05, 3.63) is 39.7 Å². The van der Waals surface area contributed by atoms with Crippen molar-refractivity contribution in [2.24, 2.45) is 23.5 Å². The van der Waals surface area contributed by atoms with E-state index in [1.807, 2.05) is 25.1 Å². The van der Waals surface area contributed by atoms with E-state index >= 15 is 0 Å². The fourth-order valence-corrected chi connectivity index (χ4v) is 7.33. The van der Waals surface area contributed by atoms with Crippen LogP contribution in [0.2, 0.25) is 0 Å². The second-order valence-corrected chi connectivity index (χ2v) is 12.6. The van der Waals surface area contributed by atoms with Gasteiger partial charge in [-0.1, -0.05) is 14.4 Å². The summed E-state index contributed by atoms with van der Waals surface area (Å²) in [5.74, 6) is -5.76. The van der Waals surface area contributed by atoms with Crippen LogP contribution in [0.5, 0.6) is 5.75 Å². The van der Waals surface area contributed by atoms with Crippen molar-refractivity contribution in [2.75, 3.05) is 46.2 Å². The third kappa shape index (κ3) is 4.58. The van der Waals surface area contributed by atoms with Gasteiger partial charge < -0.3 is 31.1 Å². The minimum atomic E-state index is -2.65. The molecule has 1 heterocycles. The number of aliphatic hydroxyl groups excluding tert-OH is 2. The molecule has 11 nitrogen and oxygen atoms in total. The van der Waals surface area contributed by atoms with Gasteiger partial charge in [0.2, 0.25) is 5.78 Å². The number of phenolic OH excluding ortho intramolecular Hbond substituents is 1. The number of fused-ring (bicyclic) bond motifs is 3. The maximum absolute atomic E-state index is 14.1. The molecule has 0 aromatic heterocycles. The van der Waals surface area contributed by atoms with Crippen LogP contribution in [0.15, 0.2) is 23.0 Å². The number of piperidine rings is 1. The molecule has 1 aromatic rings. The van der Waals surface area contributed by atoms with Crippen molar-refractivity contribution < 1.29 is 34.8 Å². The van der Waals surface area contributed by atoms with Crippen molar-refractivity contribution in [1.29, 1.82) is 0 Å². The molecule has 11 heteroatoms. The summed E-state index contributed by atoms with van der Waals surface area (Å²) in [6.45, 7) is 4.46. The maximum atomic E-state index is 14.1. The number of aliphatic hydroxyl groups is 3. The maximum Gasteiger partial charge on any atom is 0.255 e. The fourth-order valence-electron chi connectivity index (χ4n) is 7.33. The molecule has 3 aliphatic carbocycles. The number of ketones is 2. The van der Waals surface area contributed by atoms with Crippen molar-refractivity contribution in [1.82, 2.24) is 9.80 Å². The summed E-state index contributed by atoms with van der Waals surface area (Å²) >= 11 is 0. The first-order valence-corrected chi connectivity index (χ1v) is 14.1. The Labute approximate surface area is 246 Å². The number of primary amides is 1. The summed E-state index contributed by atoms with van der Waals surface area (Å²) in [6.07, 6.45) is 2.43. The number of Topliss-reactive ketones (excluding diaryl/α,β-unsaturated/α-hetero) is 2. The lowest BCUT2D eigenvalue weighted by Gasteiger charge is -2.50. The molecule has 5 rings (SSSR count). The third-order valence-electron chi connectivity index (χ3n) is 9.53. The number of likely N-dealkylation sites (N-methyl/N-ethyl adjacent to an activating group) is 1. The smallest absolute Gasteiger partial charge is 0.255 e. The summed E-state index contributed by atoms with van der Waals surface area (Å²) in [6, 6.07) is 0.815. The van der Waals surface area contributed by atoms with Crippen LogP contribution < -0.4 is 10.6 Å². The lowest BCUT2D eigenvalue weighted by Crippen LogP contribution is -2.65. The molecular weight excluding hydrogens is 540 g/mol. The zero-order valence-corrected chi connectivity index (χ0v) is 24.3. The van der Waals surface area contributed by atoms with Gasteiger partial charge >= 0.3 is 0 Å². The number of carbonyl (C=O) groups is 3. The highest BCUT2D eigenvalue weighted by Crippen LogP contribution is 2.54. The fraction of sp³-hybridized carbons (Fsp3) is 0.581. The molecule has 0 spiro atoms. The number of rotatable bonds is 5. The lowest BCUT2D eigenvalue weighted by atomic mass is 9.57. The number of hydrogen-bond donors (Lipinski definition) is 5. The Balaban J connectivity index is 0.00000405. The minimum absolute atomic E-state index is 0. The number of amides is 1. The number of nitrogens with zero attached hydrogens (tertiary/aromatic N) is 3. The summed E-state index contributed by atoms with van der Waals surface area (Å²) in [4.78, 5) is 45.2. The molecule has 1 aliphatic heterocycles. The van der Waals surface area contributed by atoms with E-state index in [1.54, 1.807) is 14.1 Å². The van der Waals surface area contributed by atoms with Gasteiger partial charge in [-0.3, -0.25) is 24.2 Å². The monoisotopic (exact) mass is 584 g/mol. The van der Waals surface area contributed by atoms with E-state index in [1.165, 1.54) is 4.90 Å². The first-order chi connectivity index (χ1) is 19.2. The average Bonchev–Trinajstić information content (AvgIpc) is 2.88. The Kier molecular flexibility index (Phi) is 8.27. The number of phenols is 1. The average molecular weight is 585 g/mol. The molecule has 0 radical (unpaired) electrons. The highest BCUT2D eigenvalue weighted by atomic mass is 16.3. The van der Waals surface area contributed by atoms with Crippen LogP contribution in [0.4, 0.5) is 5.69 Å². The minimum Gasteiger partial charge on any atom is -0.508 e. The van der Waals surface area contributed by atoms with Gasteiger partial charge in [-0.15, -0.1) is 0 Å². The predicted octanol–water partition coefficient (Wildman–Crippen LogP) is 1.90. The van der Waals surface area contributed by atoms with Gasteiger partial charge in [-0.2, -0.15) is 0 Å². The summed E-state index contributed by atoms with van der Waals surface area (Å²) < 4.78 is 0. The van der Waals surface area contributed by atoms with E-state index in [-0.39, 0.29) is 37.2 Å². The molecule has 42 heavy (non-hydrogen) atoms. The molecule has 230 valence electrons. The zero-order chi connectivity index (χ0) is 30.1. The van der Waals surface area contributed by atoms with E-state index in [2.05, 4.69) is 11.8 Å². The molecule has 0 unspecified atom stereocenters. The number of carbonyl (C=O) groups excluding carboxylic acids is 3. The first-order valence-electron chi connectivity index (χ1n) is 14.1. The number of anilines is 1. The largest absolute Gasteiger partial charge is 0.508 e. The van der Waals surface area contributed by atoms with E-state index in [4.69, 9.17) is 5.73 Å². The Morgan fingerprint density at radius 3 is 2.29 bits per heavy atom. The van der Waals surface area contributed by atoms with Gasteiger partial charge in [0, 0.05) is 43.4 Å². The van der Waals surface area contributed by atoms with E-state index < -0.39 is 58.0 Å². The van der Waals surface area contributed by atoms with Crippen molar-refractivity contribution in [3.63, 3.8) is 0 Å². The lowest BCUT2D eigenvalue weighted by molar-refractivity contribution is -0.153. The van der Waals surface area contributed by atoms with Crippen LogP contribution in [-0.2, 0) is 27.3 Å². The van der Waals surface area contributed by atoms with Crippen molar-refractivity contribution >= 4 is 28.9 Å². The first kappa shape index (κ1) is 31.5. The zero-order valence-electron chi connectivity index (χ0n) is 24.3. The van der Waals surface area contributed by atoms with E-state index in [0.29, 0.717) is 23.6 Å². The molecule has 2 fully saturated rings. The van der Waals surface area contributed by atoms with Gasteiger partial charge in [-0.05, 0) is 76.3 Å². The van der Waals surface area contributed by atoms with Crippen LogP contribution in [0.3, 0.4) is 0 Å². The second kappa shape index (κ2) is 11.0. The summed E-state index contributed by atoms with van der Waals surface area (Å²) in [5.41, 5.74) is 4.00. The Hall–Kier alpha value is -3.41. The van der Waals surface area contributed by atoms with Crippen LogP contribution >= 0.6 is 0 Å². The van der Waals surface area contributed by atoms with Gasteiger partial charge in [0.05, 0.1) is 11.6 Å². The normalized spacial score (nSPS) is 28.3. The third-order valence-corrected chi connectivity index (χ3v) is 9.53. The quantitative estimate of drug-likeness (QED) is 0.322. The van der Waals surface area contributed by atoms with Crippen LogP contribution in [0, 0.1) is 17.8 Å².